The topological polar surface area (TPSA) is 86.9 Å². The van der Waals surface area contributed by atoms with Crippen LogP contribution in [0.4, 0.5) is 5.69 Å². The minimum Gasteiger partial charge on any atom is -0.326 e. The zero-order valence-electron chi connectivity index (χ0n) is 16.7. The van der Waals surface area contributed by atoms with E-state index in [1.165, 1.54) is 0 Å². The average Bonchev–Trinajstić information content (AvgIpc) is 2.68. The monoisotopic (exact) mass is 414 g/mol. The molecule has 0 unspecified atom stereocenters. The summed E-state index contributed by atoms with van der Waals surface area (Å²) < 4.78 is 0. The van der Waals surface area contributed by atoms with Crippen molar-refractivity contribution in [1.82, 2.24) is 15.5 Å². The third kappa shape index (κ3) is 6.14. The molecule has 2 aromatic carbocycles. The molecule has 0 aliphatic carbocycles. The number of fused-ring (bicyclic) bond motifs is 1. The van der Waals surface area contributed by atoms with Crippen molar-refractivity contribution in [1.29, 1.82) is 0 Å². The maximum absolute atomic E-state index is 12.2. The Hall–Kier alpha value is -2.70. The number of benzene rings is 2. The number of unbranched alkanes of at least 4 members (excludes halogenated alkanes) is 1. The zero-order valence-corrected chi connectivity index (χ0v) is 17.5. The zero-order chi connectivity index (χ0) is 19.9. The number of amides is 1. The second-order valence-electron chi connectivity index (χ2n) is 7.14. The first-order valence-corrected chi connectivity index (χ1v) is 9.65. The quantitative estimate of drug-likeness (QED) is 0.484. The van der Waals surface area contributed by atoms with Gasteiger partial charge in [0, 0.05) is 29.1 Å². The Morgan fingerprint density at radius 2 is 1.83 bits per heavy atom. The Morgan fingerprint density at radius 3 is 2.59 bits per heavy atom. The number of aromatic amines is 1. The number of nitrogens with zero attached hydrogens (tertiary/aromatic N) is 1. The molecule has 0 saturated carbocycles. The van der Waals surface area contributed by atoms with Crippen molar-refractivity contribution in [3.8, 4) is 11.3 Å². The Bertz CT molecular complexity index is 1020. The van der Waals surface area contributed by atoms with Gasteiger partial charge in [0.05, 0.1) is 11.1 Å². The number of carbonyl (C=O) groups is 1. The van der Waals surface area contributed by atoms with Crippen molar-refractivity contribution in [2.24, 2.45) is 0 Å². The molecular formula is C22H27ClN4O2. The molecule has 29 heavy (non-hydrogen) atoms. The highest BCUT2D eigenvalue weighted by Gasteiger charge is 2.10. The van der Waals surface area contributed by atoms with E-state index < -0.39 is 0 Å². The number of halogens is 1. The van der Waals surface area contributed by atoms with Gasteiger partial charge in [-0.05, 0) is 37.6 Å². The fourth-order valence-corrected chi connectivity index (χ4v) is 3.10. The Kier molecular flexibility index (Phi) is 8.36. The standard InChI is InChI=1S/C22H26N4O2.ClH/c1-15(2)23-13-6-5-12-20(27)24-17-9-7-8-16(14-17)21-18-10-3-4-11-19(18)22(28)26-25-21;/h3-4,7-11,14-15,23H,5-6,12-13H2,1-2H3,(H,24,27)(H,26,28);1H. The van der Waals surface area contributed by atoms with Gasteiger partial charge < -0.3 is 10.6 Å². The molecule has 7 heteroatoms. The van der Waals surface area contributed by atoms with Crippen LogP contribution in [0.3, 0.4) is 0 Å². The van der Waals surface area contributed by atoms with Crippen LogP contribution >= 0.6 is 12.4 Å². The van der Waals surface area contributed by atoms with Crippen molar-refractivity contribution >= 4 is 34.8 Å². The highest BCUT2D eigenvalue weighted by atomic mass is 35.5. The average molecular weight is 415 g/mol. The molecule has 1 amide bonds. The lowest BCUT2D eigenvalue weighted by Crippen LogP contribution is -2.23. The van der Waals surface area contributed by atoms with Crippen LogP contribution in [0, 0.1) is 0 Å². The number of carbonyl (C=O) groups excluding carboxylic acids is 1. The largest absolute Gasteiger partial charge is 0.326 e. The third-order valence-corrected chi connectivity index (χ3v) is 4.50. The third-order valence-electron chi connectivity index (χ3n) is 4.50. The first-order valence-electron chi connectivity index (χ1n) is 9.65. The van der Waals surface area contributed by atoms with Crippen molar-refractivity contribution in [3.05, 3.63) is 58.9 Å². The second-order valence-corrected chi connectivity index (χ2v) is 7.14. The lowest BCUT2D eigenvalue weighted by atomic mass is 10.0. The predicted octanol–water partition coefficient (Wildman–Crippen LogP) is 4.12. The van der Waals surface area contributed by atoms with Gasteiger partial charge in [-0.25, -0.2) is 5.10 Å². The van der Waals surface area contributed by atoms with Crippen LogP contribution in [0.1, 0.15) is 33.1 Å². The summed E-state index contributed by atoms with van der Waals surface area (Å²) in [6.45, 7) is 5.14. The number of nitrogens with one attached hydrogen (secondary N) is 3. The van der Waals surface area contributed by atoms with Gasteiger partial charge in [0.25, 0.3) is 5.56 Å². The van der Waals surface area contributed by atoms with Crippen LogP contribution in [0.5, 0.6) is 0 Å². The van der Waals surface area contributed by atoms with Gasteiger partial charge in [0.2, 0.25) is 5.91 Å². The van der Waals surface area contributed by atoms with E-state index in [9.17, 15) is 9.59 Å². The van der Waals surface area contributed by atoms with Crippen LogP contribution in [-0.2, 0) is 4.79 Å². The highest BCUT2D eigenvalue weighted by molar-refractivity contribution is 5.95. The van der Waals surface area contributed by atoms with Crippen molar-refractivity contribution in [2.75, 3.05) is 11.9 Å². The molecule has 1 heterocycles. The van der Waals surface area contributed by atoms with Gasteiger partial charge in [-0.1, -0.05) is 44.2 Å². The molecule has 0 spiro atoms. The maximum Gasteiger partial charge on any atom is 0.272 e. The van der Waals surface area contributed by atoms with Gasteiger partial charge in [0.1, 0.15) is 0 Å². The van der Waals surface area contributed by atoms with Gasteiger partial charge in [-0.3, -0.25) is 9.59 Å². The van der Waals surface area contributed by atoms with Crippen LogP contribution in [0.2, 0.25) is 0 Å². The minimum atomic E-state index is -0.212. The lowest BCUT2D eigenvalue weighted by Gasteiger charge is -2.09. The number of anilines is 1. The summed E-state index contributed by atoms with van der Waals surface area (Å²) in [5.74, 6) is 0.000910. The molecule has 0 aliphatic rings. The molecule has 3 aromatic rings. The Labute approximate surface area is 176 Å². The molecular weight excluding hydrogens is 388 g/mol. The molecule has 1 aromatic heterocycles. The summed E-state index contributed by atoms with van der Waals surface area (Å²) in [6, 6.07) is 15.4. The maximum atomic E-state index is 12.2. The van der Waals surface area contributed by atoms with Gasteiger partial charge in [-0.15, -0.1) is 12.4 Å². The molecule has 0 fully saturated rings. The minimum absolute atomic E-state index is 0. The molecule has 0 atom stereocenters. The number of rotatable bonds is 8. The van der Waals surface area contributed by atoms with E-state index >= 15 is 0 Å². The van der Waals surface area contributed by atoms with Crippen LogP contribution < -0.4 is 16.2 Å². The normalized spacial score (nSPS) is 10.7. The van der Waals surface area contributed by atoms with E-state index in [1.54, 1.807) is 6.07 Å². The second kappa shape index (κ2) is 10.7. The van der Waals surface area contributed by atoms with Gasteiger partial charge >= 0.3 is 0 Å². The van der Waals surface area contributed by atoms with E-state index in [1.807, 2.05) is 42.5 Å². The number of hydrogen-bond acceptors (Lipinski definition) is 4. The summed E-state index contributed by atoms with van der Waals surface area (Å²) in [6.07, 6.45) is 2.31. The van der Waals surface area contributed by atoms with Crippen LogP contribution in [0.25, 0.3) is 22.0 Å². The van der Waals surface area contributed by atoms with Gasteiger partial charge in [-0.2, -0.15) is 5.10 Å². The molecule has 3 rings (SSSR count). The number of hydrogen-bond donors (Lipinski definition) is 3. The Morgan fingerprint density at radius 1 is 1.07 bits per heavy atom. The predicted molar refractivity (Wildman–Crippen MR) is 121 cm³/mol. The summed E-state index contributed by atoms with van der Waals surface area (Å²) in [7, 11) is 0. The van der Waals surface area contributed by atoms with E-state index in [-0.39, 0.29) is 23.9 Å². The van der Waals surface area contributed by atoms with E-state index in [2.05, 4.69) is 34.7 Å². The smallest absolute Gasteiger partial charge is 0.272 e. The van der Waals surface area contributed by atoms with Crippen molar-refractivity contribution < 1.29 is 4.79 Å². The first-order chi connectivity index (χ1) is 13.5. The van der Waals surface area contributed by atoms with Crippen LogP contribution in [0.15, 0.2) is 53.3 Å². The molecule has 0 bridgehead atoms. The van der Waals surface area contributed by atoms with Crippen molar-refractivity contribution in [3.63, 3.8) is 0 Å². The molecule has 0 radical (unpaired) electrons. The first kappa shape index (κ1) is 22.6. The number of H-pyrrole nitrogens is 1. The fourth-order valence-electron chi connectivity index (χ4n) is 3.10. The molecule has 154 valence electrons. The summed E-state index contributed by atoms with van der Waals surface area (Å²) in [5.41, 5.74) is 2.04. The SMILES string of the molecule is CC(C)NCCCCC(=O)Nc1cccc(-c2n[nH]c(=O)c3ccccc23)c1.Cl. The summed E-state index contributed by atoms with van der Waals surface area (Å²) >= 11 is 0. The van der Waals surface area contributed by atoms with E-state index in [0.717, 1.165) is 36.0 Å². The molecule has 0 aliphatic heterocycles. The summed E-state index contributed by atoms with van der Waals surface area (Å²) in [4.78, 5) is 24.2. The van der Waals surface area contributed by atoms with E-state index in [4.69, 9.17) is 0 Å². The number of aromatic nitrogens is 2. The highest BCUT2D eigenvalue weighted by Crippen LogP contribution is 2.26. The molecule has 0 saturated heterocycles. The summed E-state index contributed by atoms with van der Waals surface area (Å²) in [5, 5.41) is 14.5. The molecule has 3 N–H and O–H groups in total. The van der Waals surface area contributed by atoms with Crippen molar-refractivity contribution in [2.45, 2.75) is 39.2 Å². The lowest BCUT2D eigenvalue weighted by molar-refractivity contribution is -0.116. The van der Waals surface area contributed by atoms with E-state index in [0.29, 0.717) is 23.5 Å². The fraction of sp³-hybridized carbons (Fsp3) is 0.318. The van der Waals surface area contributed by atoms with Gasteiger partial charge in [0.15, 0.2) is 0 Å². The molecule has 6 nitrogen and oxygen atoms in total. The Balaban J connectivity index is 0.00000300. The van der Waals surface area contributed by atoms with Crippen LogP contribution in [-0.4, -0.2) is 28.7 Å².